The summed E-state index contributed by atoms with van der Waals surface area (Å²) in [6.07, 6.45) is 8.91. The fourth-order valence-corrected chi connectivity index (χ4v) is 4.09. The number of fused-ring (bicyclic) bond motifs is 4. The first-order chi connectivity index (χ1) is 8.69. The summed E-state index contributed by atoms with van der Waals surface area (Å²) in [5.74, 6) is 1.68. The second-order valence-electron chi connectivity index (χ2n) is 6.04. The van der Waals surface area contributed by atoms with Crippen LogP contribution in [0.2, 0.25) is 0 Å². The van der Waals surface area contributed by atoms with Crippen LogP contribution in [0.4, 0.5) is 0 Å². The Morgan fingerprint density at radius 2 is 2.28 bits per heavy atom. The fourth-order valence-electron chi connectivity index (χ4n) is 4.09. The Balaban J connectivity index is 1.82. The van der Waals surface area contributed by atoms with Gasteiger partial charge in [-0.3, -0.25) is 4.79 Å². The minimum Gasteiger partial charge on any atom is -0.373 e. The summed E-state index contributed by atoms with van der Waals surface area (Å²) in [6.45, 7) is 6.11. The van der Waals surface area contributed by atoms with Gasteiger partial charge in [-0.15, -0.1) is 6.58 Å². The Bertz CT molecular complexity index is 388. The molecule has 3 rings (SSSR count). The van der Waals surface area contributed by atoms with Gasteiger partial charge < -0.3 is 9.80 Å². The van der Waals surface area contributed by atoms with Gasteiger partial charge in [0, 0.05) is 37.8 Å². The zero-order valence-corrected chi connectivity index (χ0v) is 11.1. The highest BCUT2D eigenvalue weighted by atomic mass is 16.1. The van der Waals surface area contributed by atoms with Gasteiger partial charge in [0.2, 0.25) is 0 Å². The summed E-state index contributed by atoms with van der Waals surface area (Å²) in [4.78, 5) is 16.5. The average Bonchev–Trinajstić information content (AvgIpc) is 2.35. The number of likely N-dealkylation sites (tertiary alicyclic amines) is 1. The molecule has 2 saturated heterocycles. The van der Waals surface area contributed by atoms with Crippen LogP contribution in [0.1, 0.15) is 19.3 Å². The van der Waals surface area contributed by atoms with Crippen molar-refractivity contribution in [3.05, 3.63) is 24.9 Å². The molecule has 3 aliphatic rings. The van der Waals surface area contributed by atoms with Gasteiger partial charge in [0.15, 0.2) is 5.78 Å². The fraction of sp³-hybridized carbons (Fsp3) is 0.667. The lowest BCUT2D eigenvalue weighted by molar-refractivity contribution is -0.119. The molecule has 0 aromatic carbocycles. The summed E-state index contributed by atoms with van der Waals surface area (Å²) < 4.78 is 0. The van der Waals surface area contributed by atoms with Crippen LogP contribution in [0.3, 0.4) is 0 Å². The van der Waals surface area contributed by atoms with Gasteiger partial charge in [0.05, 0.1) is 0 Å². The number of carbonyl (C=O) groups excluding carboxylic acids is 1. The van der Waals surface area contributed by atoms with E-state index in [1.54, 1.807) is 6.08 Å². The van der Waals surface area contributed by atoms with Gasteiger partial charge in [0.25, 0.3) is 0 Å². The number of ketones is 1. The maximum absolute atomic E-state index is 11.6. The van der Waals surface area contributed by atoms with E-state index in [-0.39, 0.29) is 0 Å². The molecule has 0 unspecified atom stereocenters. The minimum atomic E-state index is 0.297. The van der Waals surface area contributed by atoms with Crippen molar-refractivity contribution < 1.29 is 4.79 Å². The maximum Gasteiger partial charge on any atom is 0.159 e. The Kier molecular flexibility index (Phi) is 3.02. The van der Waals surface area contributed by atoms with Crippen LogP contribution in [0, 0.1) is 11.8 Å². The van der Waals surface area contributed by atoms with E-state index in [4.69, 9.17) is 0 Å². The number of rotatable bonds is 2. The molecule has 3 heterocycles. The molecule has 2 fully saturated rings. The van der Waals surface area contributed by atoms with Crippen LogP contribution in [-0.4, -0.2) is 47.8 Å². The first-order valence-corrected chi connectivity index (χ1v) is 6.97. The first-order valence-electron chi connectivity index (χ1n) is 6.97. The second-order valence-corrected chi connectivity index (χ2v) is 6.04. The highest BCUT2D eigenvalue weighted by Gasteiger charge is 2.44. The summed E-state index contributed by atoms with van der Waals surface area (Å²) >= 11 is 0. The van der Waals surface area contributed by atoms with Gasteiger partial charge in [0.1, 0.15) is 0 Å². The molecule has 4 atom stereocenters. The van der Waals surface area contributed by atoms with Gasteiger partial charge in [-0.1, -0.05) is 6.08 Å². The van der Waals surface area contributed by atoms with Gasteiger partial charge in [-0.25, -0.2) is 0 Å². The van der Waals surface area contributed by atoms with Crippen molar-refractivity contribution in [1.29, 1.82) is 0 Å². The summed E-state index contributed by atoms with van der Waals surface area (Å²) in [7, 11) is 2.23. The molecular formula is C15H22N2O. The largest absolute Gasteiger partial charge is 0.373 e. The van der Waals surface area contributed by atoms with Crippen molar-refractivity contribution in [1.82, 2.24) is 9.80 Å². The normalized spacial score (nSPS) is 39.6. The van der Waals surface area contributed by atoms with Crippen molar-refractivity contribution in [2.24, 2.45) is 11.8 Å². The molecule has 0 spiro atoms. The van der Waals surface area contributed by atoms with Crippen molar-refractivity contribution in [2.75, 3.05) is 20.1 Å². The Morgan fingerprint density at radius 1 is 1.44 bits per heavy atom. The highest BCUT2D eigenvalue weighted by Crippen LogP contribution is 2.39. The molecular weight excluding hydrogens is 224 g/mol. The molecule has 3 heteroatoms. The van der Waals surface area contributed by atoms with E-state index in [1.165, 1.54) is 6.42 Å². The topological polar surface area (TPSA) is 23.6 Å². The SMILES string of the molecule is C=CC[C@H]1[C@H]2C[C@@H](CN1C)[C@@H]1CC(=O)C=CN1C2. The van der Waals surface area contributed by atoms with Gasteiger partial charge in [-0.05, 0) is 37.8 Å². The molecule has 0 radical (unpaired) electrons. The predicted octanol–water partition coefficient (Wildman–Crippen LogP) is 1.67. The Morgan fingerprint density at radius 3 is 3.06 bits per heavy atom. The molecule has 2 bridgehead atoms. The molecule has 0 N–H and O–H groups in total. The lowest BCUT2D eigenvalue weighted by Crippen LogP contribution is -2.60. The number of carbonyl (C=O) groups is 1. The van der Waals surface area contributed by atoms with Crippen molar-refractivity contribution in [3.63, 3.8) is 0 Å². The predicted molar refractivity (Wildman–Crippen MR) is 72.1 cm³/mol. The third-order valence-electron chi connectivity index (χ3n) is 4.92. The summed E-state index contributed by atoms with van der Waals surface area (Å²) in [5, 5.41) is 0. The van der Waals surface area contributed by atoms with Crippen LogP contribution in [0.25, 0.3) is 0 Å². The second kappa shape index (κ2) is 4.54. The van der Waals surface area contributed by atoms with Crippen LogP contribution in [-0.2, 0) is 4.79 Å². The quantitative estimate of drug-likeness (QED) is 0.692. The van der Waals surface area contributed by atoms with E-state index < -0.39 is 0 Å². The van der Waals surface area contributed by atoms with Crippen molar-refractivity contribution in [2.45, 2.75) is 31.3 Å². The molecule has 3 nitrogen and oxygen atoms in total. The average molecular weight is 246 g/mol. The highest BCUT2D eigenvalue weighted by molar-refractivity contribution is 5.90. The number of nitrogens with zero attached hydrogens (tertiary/aromatic N) is 2. The zero-order chi connectivity index (χ0) is 12.7. The Hall–Kier alpha value is -1.09. The molecule has 0 aliphatic carbocycles. The van der Waals surface area contributed by atoms with Crippen molar-refractivity contribution in [3.8, 4) is 0 Å². The first kappa shape index (κ1) is 12.0. The van der Waals surface area contributed by atoms with E-state index in [2.05, 4.69) is 23.4 Å². The van der Waals surface area contributed by atoms with Crippen molar-refractivity contribution >= 4 is 5.78 Å². The molecule has 0 aromatic heterocycles. The van der Waals surface area contributed by atoms with Gasteiger partial charge in [-0.2, -0.15) is 0 Å². The minimum absolute atomic E-state index is 0.297. The number of hydrogen-bond acceptors (Lipinski definition) is 3. The maximum atomic E-state index is 11.6. The third-order valence-corrected chi connectivity index (χ3v) is 4.92. The van der Waals surface area contributed by atoms with E-state index in [9.17, 15) is 4.79 Å². The standard InChI is InChI=1S/C15H22N2O/c1-3-4-14-12-7-11(9-16(14)2)15-8-13(18)5-6-17(15)10-12/h3,5-6,11-12,14-15H,1,4,7-10H2,2H3/t11-,12-,14-,15-/m0/s1. The third kappa shape index (κ3) is 1.91. The van der Waals surface area contributed by atoms with E-state index in [0.29, 0.717) is 30.2 Å². The molecule has 0 saturated carbocycles. The monoisotopic (exact) mass is 246 g/mol. The van der Waals surface area contributed by atoms with Crippen LogP contribution < -0.4 is 0 Å². The van der Waals surface area contributed by atoms with E-state index in [1.807, 2.05) is 12.3 Å². The number of hydrogen-bond donors (Lipinski definition) is 0. The smallest absolute Gasteiger partial charge is 0.159 e. The van der Waals surface area contributed by atoms with Gasteiger partial charge >= 0.3 is 0 Å². The molecule has 98 valence electrons. The lowest BCUT2D eigenvalue weighted by atomic mass is 9.73. The Labute approximate surface area is 109 Å². The molecule has 0 aromatic rings. The van der Waals surface area contributed by atoms with Crippen LogP contribution >= 0.6 is 0 Å². The molecule has 0 amide bonds. The zero-order valence-electron chi connectivity index (χ0n) is 11.1. The van der Waals surface area contributed by atoms with E-state index >= 15 is 0 Å². The number of piperidine rings is 2. The summed E-state index contributed by atoms with van der Waals surface area (Å²) in [5.41, 5.74) is 0. The van der Waals surface area contributed by atoms with Crippen LogP contribution in [0.5, 0.6) is 0 Å². The molecule has 3 aliphatic heterocycles. The summed E-state index contributed by atoms with van der Waals surface area (Å²) in [6, 6.07) is 1.08. The molecule has 18 heavy (non-hydrogen) atoms. The van der Waals surface area contributed by atoms with Crippen LogP contribution in [0.15, 0.2) is 24.9 Å². The lowest BCUT2D eigenvalue weighted by Gasteiger charge is -2.54. The number of allylic oxidation sites excluding steroid dienone is 1. The van der Waals surface area contributed by atoms with E-state index in [0.717, 1.165) is 25.4 Å².